The number of rotatable bonds is 5. The Morgan fingerprint density at radius 3 is 2.28 bits per heavy atom. The van der Waals surface area contributed by atoms with E-state index < -0.39 is 10.0 Å². The fourth-order valence-corrected chi connectivity index (χ4v) is 4.35. The summed E-state index contributed by atoms with van der Waals surface area (Å²) in [5.41, 5.74) is 5.02. The van der Waals surface area contributed by atoms with E-state index in [2.05, 4.69) is 10.0 Å². The van der Waals surface area contributed by atoms with Gasteiger partial charge >= 0.3 is 0 Å². The minimum absolute atomic E-state index is 0.0765. The Labute approximate surface area is 171 Å². The largest absolute Gasteiger partial charge is 0.322 e. The van der Waals surface area contributed by atoms with E-state index in [0.29, 0.717) is 16.9 Å². The van der Waals surface area contributed by atoms with Crippen molar-refractivity contribution in [3.05, 3.63) is 88.5 Å². The smallest absolute Gasteiger partial charge is 0.262 e. The highest BCUT2D eigenvalue weighted by Crippen LogP contribution is 2.23. The summed E-state index contributed by atoms with van der Waals surface area (Å²) in [6, 6.07) is 17.5. The molecule has 0 radical (unpaired) electrons. The van der Waals surface area contributed by atoms with Gasteiger partial charge in [-0.2, -0.15) is 0 Å². The monoisotopic (exact) mass is 408 g/mol. The van der Waals surface area contributed by atoms with Crippen molar-refractivity contribution in [2.75, 3.05) is 10.0 Å². The van der Waals surface area contributed by atoms with Crippen LogP contribution in [0, 0.1) is 27.7 Å². The number of anilines is 2. The number of hydrogen-bond acceptors (Lipinski definition) is 3. The van der Waals surface area contributed by atoms with E-state index in [1.165, 1.54) is 6.07 Å². The van der Waals surface area contributed by atoms with E-state index in [1.54, 1.807) is 37.3 Å². The molecular formula is C23H24N2O3S. The normalized spacial score (nSPS) is 11.2. The maximum Gasteiger partial charge on any atom is 0.262 e. The molecule has 0 aliphatic carbocycles. The summed E-state index contributed by atoms with van der Waals surface area (Å²) < 4.78 is 28.4. The number of hydrogen-bond donors (Lipinski definition) is 2. The summed E-state index contributed by atoms with van der Waals surface area (Å²) in [4.78, 5) is 12.8. The molecule has 29 heavy (non-hydrogen) atoms. The van der Waals surface area contributed by atoms with Gasteiger partial charge in [-0.3, -0.25) is 9.52 Å². The molecule has 0 atom stereocenters. The van der Waals surface area contributed by atoms with Crippen LogP contribution < -0.4 is 10.0 Å². The summed E-state index contributed by atoms with van der Waals surface area (Å²) >= 11 is 0. The predicted octanol–water partition coefficient (Wildman–Crippen LogP) is 4.97. The van der Waals surface area contributed by atoms with Gasteiger partial charge in [0.05, 0.1) is 4.90 Å². The molecule has 5 nitrogen and oxygen atoms in total. The van der Waals surface area contributed by atoms with Gasteiger partial charge in [-0.15, -0.1) is 0 Å². The first-order valence-corrected chi connectivity index (χ1v) is 10.7. The van der Waals surface area contributed by atoms with Crippen LogP contribution in [0.2, 0.25) is 0 Å². The Morgan fingerprint density at radius 1 is 0.828 bits per heavy atom. The van der Waals surface area contributed by atoms with Crippen LogP contribution in [0.15, 0.2) is 65.6 Å². The third-order valence-corrected chi connectivity index (χ3v) is 6.39. The molecule has 0 fully saturated rings. The van der Waals surface area contributed by atoms with Crippen LogP contribution >= 0.6 is 0 Å². The lowest BCUT2D eigenvalue weighted by Gasteiger charge is -2.14. The van der Waals surface area contributed by atoms with E-state index in [9.17, 15) is 13.2 Å². The predicted molar refractivity (Wildman–Crippen MR) is 117 cm³/mol. The van der Waals surface area contributed by atoms with Gasteiger partial charge in [0.2, 0.25) is 0 Å². The Morgan fingerprint density at radius 2 is 1.55 bits per heavy atom. The van der Waals surface area contributed by atoms with Crippen LogP contribution in [0.4, 0.5) is 11.4 Å². The molecule has 0 aliphatic rings. The molecule has 3 aromatic rings. The third-order valence-electron chi connectivity index (χ3n) is 4.86. The first-order chi connectivity index (χ1) is 13.7. The SMILES string of the molecule is Cc1cccc(NS(=O)(=O)c2cc(C(=O)Nc3cccc(C)c3C)ccc2C)c1. The fourth-order valence-electron chi connectivity index (χ4n) is 3.03. The van der Waals surface area contributed by atoms with Crippen molar-refractivity contribution >= 4 is 27.3 Å². The highest BCUT2D eigenvalue weighted by molar-refractivity contribution is 7.92. The summed E-state index contributed by atoms with van der Waals surface area (Å²) in [7, 11) is -3.83. The molecule has 0 aliphatic heterocycles. The topological polar surface area (TPSA) is 75.3 Å². The highest BCUT2D eigenvalue weighted by atomic mass is 32.2. The van der Waals surface area contributed by atoms with E-state index in [1.807, 2.05) is 45.0 Å². The first kappa shape index (κ1) is 20.6. The number of carbonyl (C=O) groups is 1. The standard InChI is InChI=1S/C23H24N2O3S/c1-15-7-5-9-20(13-15)25-29(27,28)22-14-19(12-11-17(22)3)23(26)24-21-10-6-8-16(2)18(21)4/h5-14,25H,1-4H3,(H,24,26). The molecule has 0 bridgehead atoms. The zero-order valence-corrected chi connectivity index (χ0v) is 17.7. The molecule has 1 amide bonds. The van der Waals surface area contributed by atoms with Gasteiger partial charge in [0.15, 0.2) is 0 Å². The van der Waals surface area contributed by atoms with Gasteiger partial charge in [0.25, 0.3) is 15.9 Å². The molecule has 3 aromatic carbocycles. The van der Waals surface area contributed by atoms with E-state index >= 15 is 0 Å². The number of nitrogens with one attached hydrogen (secondary N) is 2. The van der Waals surface area contributed by atoms with E-state index in [0.717, 1.165) is 16.7 Å². The zero-order chi connectivity index (χ0) is 21.2. The summed E-state index contributed by atoms with van der Waals surface area (Å²) in [6.45, 7) is 7.50. The minimum Gasteiger partial charge on any atom is -0.322 e. The fraction of sp³-hybridized carbons (Fsp3) is 0.174. The molecule has 0 heterocycles. The number of aryl methyl sites for hydroxylation is 3. The van der Waals surface area contributed by atoms with Crippen molar-refractivity contribution in [3.63, 3.8) is 0 Å². The van der Waals surface area contributed by atoms with Gasteiger partial charge in [-0.25, -0.2) is 8.42 Å². The number of benzene rings is 3. The van der Waals surface area contributed by atoms with Crippen molar-refractivity contribution in [2.45, 2.75) is 32.6 Å². The van der Waals surface area contributed by atoms with Crippen molar-refractivity contribution < 1.29 is 13.2 Å². The molecule has 0 saturated carbocycles. The lowest BCUT2D eigenvalue weighted by Crippen LogP contribution is -2.17. The number of sulfonamides is 1. The summed E-state index contributed by atoms with van der Waals surface area (Å²) in [5, 5.41) is 2.87. The molecular weight excluding hydrogens is 384 g/mol. The molecule has 0 spiro atoms. The van der Waals surface area contributed by atoms with Gasteiger partial charge < -0.3 is 5.32 Å². The van der Waals surface area contributed by atoms with E-state index in [4.69, 9.17) is 0 Å². The van der Waals surface area contributed by atoms with Crippen LogP contribution in [0.3, 0.4) is 0 Å². The molecule has 6 heteroatoms. The highest BCUT2D eigenvalue weighted by Gasteiger charge is 2.20. The number of amides is 1. The van der Waals surface area contributed by atoms with Gasteiger partial charge in [0.1, 0.15) is 0 Å². The maximum atomic E-state index is 12.9. The first-order valence-electron chi connectivity index (χ1n) is 9.25. The lowest BCUT2D eigenvalue weighted by molar-refractivity contribution is 0.102. The van der Waals surface area contributed by atoms with Crippen molar-refractivity contribution in [2.24, 2.45) is 0 Å². The Hall–Kier alpha value is -3.12. The Balaban J connectivity index is 1.91. The van der Waals surface area contributed by atoms with Crippen molar-refractivity contribution in [1.82, 2.24) is 0 Å². The molecule has 0 aromatic heterocycles. The molecule has 150 valence electrons. The lowest BCUT2D eigenvalue weighted by atomic mass is 10.1. The Kier molecular flexibility index (Phi) is 5.75. The second kappa shape index (κ2) is 8.09. The van der Waals surface area contributed by atoms with Crippen LogP contribution in [0.1, 0.15) is 32.6 Å². The quantitative estimate of drug-likeness (QED) is 0.626. The molecule has 0 unspecified atom stereocenters. The number of carbonyl (C=O) groups excluding carboxylic acids is 1. The maximum absolute atomic E-state index is 12.9. The molecule has 3 rings (SSSR count). The second-order valence-electron chi connectivity index (χ2n) is 7.16. The molecule has 0 saturated heterocycles. The molecule has 2 N–H and O–H groups in total. The van der Waals surface area contributed by atoms with E-state index in [-0.39, 0.29) is 16.4 Å². The van der Waals surface area contributed by atoms with Crippen molar-refractivity contribution in [1.29, 1.82) is 0 Å². The third kappa shape index (κ3) is 4.66. The van der Waals surface area contributed by atoms with Crippen LogP contribution in [-0.4, -0.2) is 14.3 Å². The average Bonchev–Trinajstić information content (AvgIpc) is 2.65. The van der Waals surface area contributed by atoms with Gasteiger partial charge in [-0.05, 0) is 80.3 Å². The van der Waals surface area contributed by atoms with Gasteiger partial charge in [0, 0.05) is 16.9 Å². The van der Waals surface area contributed by atoms with Crippen LogP contribution in [0.5, 0.6) is 0 Å². The Bertz CT molecular complexity index is 1180. The average molecular weight is 409 g/mol. The van der Waals surface area contributed by atoms with Crippen LogP contribution in [0.25, 0.3) is 0 Å². The van der Waals surface area contributed by atoms with Gasteiger partial charge in [-0.1, -0.05) is 30.3 Å². The minimum atomic E-state index is -3.83. The summed E-state index contributed by atoms with van der Waals surface area (Å²) in [6.07, 6.45) is 0. The van der Waals surface area contributed by atoms with Crippen molar-refractivity contribution in [3.8, 4) is 0 Å². The van der Waals surface area contributed by atoms with Crippen LogP contribution in [-0.2, 0) is 10.0 Å². The zero-order valence-electron chi connectivity index (χ0n) is 16.9. The summed E-state index contributed by atoms with van der Waals surface area (Å²) in [5.74, 6) is -0.356. The second-order valence-corrected chi connectivity index (χ2v) is 8.81.